The lowest BCUT2D eigenvalue weighted by Gasteiger charge is -2.14. The van der Waals surface area contributed by atoms with E-state index in [1.165, 1.54) is 6.92 Å². The van der Waals surface area contributed by atoms with Crippen molar-refractivity contribution in [3.8, 4) is 17.2 Å². The second kappa shape index (κ2) is 8.18. The van der Waals surface area contributed by atoms with Crippen LogP contribution >= 0.6 is 11.6 Å². The minimum atomic E-state index is -0.988. The molecule has 0 unspecified atom stereocenters. The number of benzene rings is 2. The zero-order chi connectivity index (χ0) is 19.4. The van der Waals surface area contributed by atoms with Crippen molar-refractivity contribution in [3.63, 3.8) is 0 Å². The van der Waals surface area contributed by atoms with Crippen molar-refractivity contribution in [2.75, 3.05) is 18.7 Å². The molecule has 3 rings (SSSR count). The van der Waals surface area contributed by atoms with Crippen molar-refractivity contribution >= 4 is 29.2 Å². The zero-order valence-corrected chi connectivity index (χ0v) is 15.5. The van der Waals surface area contributed by atoms with E-state index in [4.69, 9.17) is 30.5 Å². The van der Waals surface area contributed by atoms with Gasteiger partial charge in [0.25, 0.3) is 5.91 Å². The quantitative estimate of drug-likeness (QED) is 0.760. The first-order valence-electron chi connectivity index (χ1n) is 8.21. The summed E-state index contributed by atoms with van der Waals surface area (Å²) in [5.41, 5.74) is 1.31. The molecule has 0 radical (unpaired) electrons. The van der Waals surface area contributed by atoms with Crippen molar-refractivity contribution in [2.45, 2.75) is 20.0 Å². The first kappa shape index (κ1) is 18.8. The highest BCUT2D eigenvalue weighted by Crippen LogP contribution is 2.34. The standard InChI is InChI=1S/C19H18ClNO6/c1-11-7-13(20)3-5-15(11)24-9-18(22)27-12(2)19(23)21-14-4-6-16-17(8-14)26-10-25-16/h3-8,12H,9-10H2,1-2H3,(H,21,23)/t12-/m1/s1. The van der Waals surface area contributed by atoms with Crippen LogP contribution in [0, 0.1) is 6.92 Å². The van der Waals surface area contributed by atoms with Crippen LogP contribution in [0.25, 0.3) is 0 Å². The van der Waals surface area contributed by atoms with Crippen molar-refractivity contribution in [1.29, 1.82) is 0 Å². The van der Waals surface area contributed by atoms with Gasteiger partial charge in [0.2, 0.25) is 6.79 Å². The normalized spacial score (nSPS) is 13.0. The summed E-state index contributed by atoms with van der Waals surface area (Å²) in [7, 11) is 0. The monoisotopic (exact) mass is 391 g/mol. The van der Waals surface area contributed by atoms with E-state index in [9.17, 15) is 9.59 Å². The van der Waals surface area contributed by atoms with Crippen LogP contribution in [0.1, 0.15) is 12.5 Å². The Labute approximate surface area is 161 Å². The Morgan fingerprint density at radius 2 is 1.96 bits per heavy atom. The van der Waals surface area contributed by atoms with E-state index in [1.807, 2.05) is 6.92 Å². The topological polar surface area (TPSA) is 83.1 Å². The molecular formula is C19H18ClNO6. The number of esters is 1. The van der Waals surface area contributed by atoms with Crippen LogP contribution in [0.2, 0.25) is 5.02 Å². The average Bonchev–Trinajstić information content (AvgIpc) is 3.08. The predicted octanol–water partition coefficient (Wildman–Crippen LogP) is 3.33. The number of aryl methyl sites for hydroxylation is 1. The summed E-state index contributed by atoms with van der Waals surface area (Å²) in [4.78, 5) is 24.1. The summed E-state index contributed by atoms with van der Waals surface area (Å²) in [5.74, 6) is 0.558. The van der Waals surface area contributed by atoms with Gasteiger partial charge in [0, 0.05) is 16.8 Å². The molecule has 27 heavy (non-hydrogen) atoms. The van der Waals surface area contributed by atoms with Crippen LogP contribution in [0.3, 0.4) is 0 Å². The molecule has 0 aliphatic carbocycles. The molecule has 0 fully saturated rings. The van der Waals surface area contributed by atoms with Gasteiger partial charge >= 0.3 is 5.97 Å². The molecule has 7 nitrogen and oxygen atoms in total. The molecule has 0 bridgehead atoms. The van der Waals surface area contributed by atoms with Crippen LogP contribution in [0.15, 0.2) is 36.4 Å². The number of ether oxygens (including phenoxy) is 4. The number of rotatable bonds is 6. The average molecular weight is 392 g/mol. The molecular weight excluding hydrogens is 374 g/mol. The Kier molecular flexibility index (Phi) is 5.71. The molecule has 8 heteroatoms. The van der Waals surface area contributed by atoms with E-state index in [0.717, 1.165) is 5.56 Å². The maximum Gasteiger partial charge on any atom is 0.344 e. The van der Waals surface area contributed by atoms with Crippen LogP contribution < -0.4 is 19.5 Å². The number of halogens is 1. The Morgan fingerprint density at radius 3 is 2.74 bits per heavy atom. The molecule has 0 saturated heterocycles. The van der Waals surface area contributed by atoms with E-state index >= 15 is 0 Å². The minimum absolute atomic E-state index is 0.147. The Hall–Kier alpha value is -2.93. The van der Waals surface area contributed by atoms with Crippen LogP contribution in [-0.4, -0.2) is 31.4 Å². The Balaban J connectivity index is 1.49. The molecule has 0 aromatic heterocycles. The van der Waals surface area contributed by atoms with Crippen LogP contribution in [0.4, 0.5) is 5.69 Å². The van der Waals surface area contributed by atoms with Crippen LogP contribution in [-0.2, 0) is 14.3 Å². The summed E-state index contributed by atoms with van der Waals surface area (Å²) in [6.07, 6.45) is -0.988. The number of amides is 1. The third-order valence-electron chi connectivity index (χ3n) is 3.80. The van der Waals surface area contributed by atoms with Gasteiger partial charge in [-0.1, -0.05) is 11.6 Å². The number of carbonyl (C=O) groups excluding carboxylic acids is 2. The number of anilines is 1. The molecule has 0 saturated carbocycles. The van der Waals surface area contributed by atoms with Gasteiger partial charge in [-0.2, -0.15) is 0 Å². The minimum Gasteiger partial charge on any atom is -0.482 e. The fraction of sp³-hybridized carbons (Fsp3) is 0.263. The van der Waals surface area contributed by atoms with Gasteiger partial charge in [0.05, 0.1) is 0 Å². The summed E-state index contributed by atoms with van der Waals surface area (Å²) < 4.78 is 21.0. The molecule has 1 amide bonds. The summed E-state index contributed by atoms with van der Waals surface area (Å²) in [6, 6.07) is 10.1. The van der Waals surface area contributed by atoms with Crippen molar-refractivity contribution in [1.82, 2.24) is 0 Å². The largest absolute Gasteiger partial charge is 0.482 e. The van der Waals surface area contributed by atoms with Crippen molar-refractivity contribution in [2.24, 2.45) is 0 Å². The van der Waals surface area contributed by atoms with Gasteiger partial charge in [-0.25, -0.2) is 4.79 Å². The Bertz CT molecular complexity index is 869. The lowest BCUT2D eigenvalue weighted by molar-refractivity contribution is -0.155. The van der Waals surface area contributed by atoms with Gasteiger partial charge in [-0.3, -0.25) is 4.79 Å². The van der Waals surface area contributed by atoms with E-state index in [0.29, 0.717) is 28.0 Å². The van der Waals surface area contributed by atoms with Crippen LogP contribution in [0.5, 0.6) is 17.2 Å². The van der Waals surface area contributed by atoms with Gasteiger partial charge < -0.3 is 24.3 Å². The Morgan fingerprint density at radius 1 is 1.19 bits per heavy atom. The molecule has 1 atom stereocenters. The van der Waals surface area contributed by atoms with Gasteiger partial charge in [-0.05, 0) is 49.7 Å². The van der Waals surface area contributed by atoms with Crippen molar-refractivity contribution in [3.05, 3.63) is 47.0 Å². The summed E-state index contributed by atoms with van der Waals surface area (Å²) >= 11 is 5.87. The number of hydrogen-bond acceptors (Lipinski definition) is 6. The second-order valence-corrected chi connectivity index (χ2v) is 6.32. The van der Waals surface area contributed by atoms with Gasteiger partial charge in [-0.15, -0.1) is 0 Å². The van der Waals surface area contributed by atoms with E-state index < -0.39 is 18.0 Å². The fourth-order valence-electron chi connectivity index (χ4n) is 2.41. The molecule has 2 aromatic rings. The lowest BCUT2D eigenvalue weighted by atomic mass is 10.2. The molecule has 1 N–H and O–H groups in total. The first-order valence-corrected chi connectivity index (χ1v) is 8.59. The fourth-order valence-corrected chi connectivity index (χ4v) is 2.64. The summed E-state index contributed by atoms with van der Waals surface area (Å²) in [6.45, 7) is 3.12. The third-order valence-corrected chi connectivity index (χ3v) is 4.04. The summed E-state index contributed by atoms with van der Waals surface area (Å²) in [5, 5.41) is 3.24. The maximum absolute atomic E-state index is 12.2. The molecule has 1 heterocycles. The number of hydrogen-bond donors (Lipinski definition) is 1. The van der Waals surface area contributed by atoms with Crippen molar-refractivity contribution < 1.29 is 28.5 Å². The molecule has 2 aromatic carbocycles. The lowest BCUT2D eigenvalue weighted by Crippen LogP contribution is -2.31. The van der Waals surface area contributed by atoms with E-state index in [2.05, 4.69) is 5.32 Å². The number of carbonyl (C=O) groups is 2. The maximum atomic E-state index is 12.2. The van der Waals surface area contributed by atoms with Gasteiger partial charge in [0.1, 0.15) is 5.75 Å². The first-order chi connectivity index (χ1) is 12.9. The predicted molar refractivity (Wildman–Crippen MR) is 98.4 cm³/mol. The molecule has 1 aliphatic heterocycles. The smallest absolute Gasteiger partial charge is 0.344 e. The van der Waals surface area contributed by atoms with E-state index in [-0.39, 0.29) is 13.4 Å². The second-order valence-electron chi connectivity index (χ2n) is 5.89. The molecule has 1 aliphatic rings. The number of fused-ring (bicyclic) bond motifs is 1. The SMILES string of the molecule is Cc1cc(Cl)ccc1OCC(=O)O[C@H](C)C(=O)Nc1ccc2c(c1)OCO2. The molecule has 0 spiro atoms. The highest BCUT2D eigenvalue weighted by molar-refractivity contribution is 6.30. The zero-order valence-electron chi connectivity index (χ0n) is 14.8. The molecule has 142 valence electrons. The van der Waals surface area contributed by atoms with E-state index in [1.54, 1.807) is 36.4 Å². The third kappa shape index (κ3) is 4.83. The van der Waals surface area contributed by atoms with Gasteiger partial charge in [0.15, 0.2) is 24.2 Å². The highest BCUT2D eigenvalue weighted by atomic mass is 35.5. The number of nitrogens with one attached hydrogen (secondary N) is 1. The highest BCUT2D eigenvalue weighted by Gasteiger charge is 2.20.